The van der Waals surface area contributed by atoms with Crippen LogP contribution in [-0.4, -0.2) is 32.8 Å². The Morgan fingerprint density at radius 3 is 2.71 bits per heavy atom. The second-order valence-corrected chi connectivity index (χ2v) is 8.85. The van der Waals surface area contributed by atoms with Crippen LogP contribution in [0.2, 0.25) is 0 Å². The maximum Gasteiger partial charge on any atom is 0.261 e. The van der Waals surface area contributed by atoms with E-state index in [9.17, 15) is 9.18 Å². The molecule has 0 amide bonds. The zero-order valence-corrected chi connectivity index (χ0v) is 16.6. The zero-order chi connectivity index (χ0) is 19.3. The highest BCUT2D eigenvalue weighted by atomic mass is 32.1. The van der Waals surface area contributed by atoms with Gasteiger partial charge in [-0.2, -0.15) is 0 Å². The van der Waals surface area contributed by atoms with Crippen LogP contribution in [0.5, 0.6) is 0 Å². The molecule has 146 valence electrons. The Morgan fingerprint density at radius 2 is 1.96 bits per heavy atom. The van der Waals surface area contributed by atoms with E-state index in [-0.39, 0.29) is 11.4 Å². The second-order valence-electron chi connectivity index (χ2n) is 7.86. The number of hydrogen-bond donors (Lipinski definition) is 0. The van der Waals surface area contributed by atoms with Gasteiger partial charge in [-0.25, -0.2) is 9.37 Å². The molecule has 6 nitrogen and oxygen atoms in total. The van der Waals surface area contributed by atoms with Gasteiger partial charge in [-0.3, -0.25) is 9.36 Å². The average molecular weight is 399 g/mol. The standard InChI is InChI=1S/C20H22FN5OS/c1-12-22-17-10-15(21)4-5-16(17)19(27)26(12)11-13-6-8-25(9-7-13)20-24-23-18(28-20)14-2-3-14/h4-5,10,13-14H,2-3,6-9,11H2,1H3. The number of halogens is 1. The summed E-state index contributed by atoms with van der Waals surface area (Å²) < 4.78 is 15.2. The van der Waals surface area contributed by atoms with Crippen molar-refractivity contribution in [1.82, 2.24) is 19.7 Å². The van der Waals surface area contributed by atoms with Crippen LogP contribution in [0, 0.1) is 18.7 Å². The molecule has 2 aliphatic rings. The van der Waals surface area contributed by atoms with E-state index in [1.807, 2.05) is 6.92 Å². The third-order valence-electron chi connectivity index (χ3n) is 5.79. The van der Waals surface area contributed by atoms with Gasteiger partial charge >= 0.3 is 0 Å². The number of benzene rings is 1. The summed E-state index contributed by atoms with van der Waals surface area (Å²) in [6, 6.07) is 4.18. The number of aryl methyl sites for hydroxylation is 1. The lowest BCUT2D eigenvalue weighted by Gasteiger charge is -2.31. The van der Waals surface area contributed by atoms with Gasteiger partial charge in [-0.05, 0) is 50.7 Å². The molecule has 0 atom stereocenters. The molecule has 1 aliphatic heterocycles. The Hall–Kier alpha value is -2.35. The second kappa shape index (κ2) is 6.92. The molecule has 0 radical (unpaired) electrons. The summed E-state index contributed by atoms with van der Waals surface area (Å²) in [6.07, 6.45) is 4.51. The SMILES string of the molecule is Cc1nc2cc(F)ccc2c(=O)n1CC1CCN(c2nnc(C3CC3)s2)CC1. The van der Waals surface area contributed by atoms with Crippen molar-refractivity contribution in [2.45, 2.75) is 45.1 Å². The summed E-state index contributed by atoms with van der Waals surface area (Å²) in [7, 11) is 0. The van der Waals surface area contributed by atoms with Crippen molar-refractivity contribution < 1.29 is 4.39 Å². The maximum absolute atomic E-state index is 13.4. The monoisotopic (exact) mass is 399 g/mol. The third-order valence-corrected chi connectivity index (χ3v) is 6.94. The van der Waals surface area contributed by atoms with Crippen molar-refractivity contribution in [2.75, 3.05) is 18.0 Å². The lowest BCUT2D eigenvalue weighted by molar-refractivity contribution is 0.348. The summed E-state index contributed by atoms with van der Waals surface area (Å²) in [5, 5.41) is 11.4. The number of nitrogens with zero attached hydrogens (tertiary/aromatic N) is 5. The van der Waals surface area contributed by atoms with E-state index < -0.39 is 0 Å². The minimum atomic E-state index is -0.370. The third kappa shape index (κ3) is 3.30. The highest BCUT2D eigenvalue weighted by Gasteiger charge is 2.29. The van der Waals surface area contributed by atoms with Crippen molar-refractivity contribution in [3.63, 3.8) is 0 Å². The number of rotatable bonds is 4. The normalized spacial score (nSPS) is 18.1. The molecule has 1 saturated heterocycles. The largest absolute Gasteiger partial charge is 0.347 e. The van der Waals surface area contributed by atoms with E-state index >= 15 is 0 Å². The predicted octanol–water partition coefficient (Wildman–Crippen LogP) is 3.49. The maximum atomic E-state index is 13.4. The Balaban J connectivity index is 1.29. The van der Waals surface area contributed by atoms with Gasteiger partial charge < -0.3 is 4.90 Å². The fourth-order valence-corrected chi connectivity index (χ4v) is 5.00. The minimum Gasteiger partial charge on any atom is -0.347 e. The lowest BCUT2D eigenvalue weighted by Crippen LogP contribution is -2.37. The number of aromatic nitrogens is 4. The van der Waals surface area contributed by atoms with Crippen molar-refractivity contribution in [3.8, 4) is 0 Å². The quantitative estimate of drug-likeness (QED) is 0.672. The van der Waals surface area contributed by atoms with Gasteiger partial charge in [-0.15, -0.1) is 10.2 Å². The van der Waals surface area contributed by atoms with Crippen molar-refractivity contribution in [2.24, 2.45) is 5.92 Å². The molecule has 1 saturated carbocycles. The van der Waals surface area contributed by atoms with Crippen LogP contribution in [-0.2, 0) is 6.54 Å². The van der Waals surface area contributed by atoms with Crippen LogP contribution in [0.15, 0.2) is 23.0 Å². The summed E-state index contributed by atoms with van der Waals surface area (Å²) in [6.45, 7) is 4.34. The molecule has 0 N–H and O–H groups in total. The molecule has 5 rings (SSSR count). The Kier molecular flexibility index (Phi) is 4.38. The molecule has 1 aliphatic carbocycles. The highest BCUT2D eigenvalue weighted by molar-refractivity contribution is 7.15. The van der Waals surface area contributed by atoms with Gasteiger partial charge in [0.15, 0.2) is 0 Å². The topological polar surface area (TPSA) is 63.9 Å². The molecular formula is C20H22FN5OS. The first-order valence-electron chi connectivity index (χ1n) is 9.83. The molecule has 2 fully saturated rings. The Labute approximate surface area is 166 Å². The van der Waals surface area contributed by atoms with E-state index in [1.165, 1.54) is 36.0 Å². The van der Waals surface area contributed by atoms with Crippen LogP contribution in [0.25, 0.3) is 10.9 Å². The predicted molar refractivity (Wildman–Crippen MR) is 108 cm³/mol. The van der Waals surface area contributed by atoms with E-state index in [0.717, 1.165) is 31.1 Å². The molecule has 1 aromatic carbocycles. The van der Waals surface area contributed by atoms with Crippen LogP contribution in [0.1, 0.15) is 42.4 Å². The first-order chi connectivity index (χ1) is 13.6. The van der Waals surface area contributed by atoms with E-state index in [2.05, 4.69) is 20.1 Å². The molecule has 2 aromatic heterocycles. The molecule has 0 bridgehead atoms. The smallest absolute Gasteiger partial charge is 0.261 e. The Bertz CT molecular complexity index is 1080. The first-order valence-corrected chi connectivity index (χ1v) is 10.6. The molecule has 3 aromatic rings. The van der Waals surface area contributed by atoms with Crippen LogP contribution in [0.4, 0.5) is 9.52 Å². The van der Waals surface area contributed by atoms with Gasteiger partial charge in [0.2, 0.25) is 5.13 Å². The fraction of sp³-hybridized carbons (Fsp3) is 0.500. The molecule has 8 heteroatoms. The van der Waals surface area contributed by atoms with Crippen molar-refractivity contribution in [3.05, 3.63) is 45.2 Å². The zero-order valence-electron chi connectivity index (χ0n) is 15.8. The molecule has 3 heterocycles. The van der Waals surface area contributed by atoms with Gasteiger partial charge in [0, 0.05) is 31.6 Å². The average Bonchev–Trinajstić information content (AvgIpc) is 3.42. The summed E-state index contributed by atoms with van der Waals surface area (Å²) in [4.78, 5) is 19.6. The Morgan fingerprint density at radius 1 is 1.18 bits per heavy atom. The van der Waals surface area contributed by atoms with Gasteiger partial charge in [0.25, 0.3) is 5.56 Å². The molecular weight excluding hydrogens is 377 g/mol. The summed E-state index contributed by atoms with van der Waals surface area (Å²) in [5.74, 6) is 1.34. The number of piperidine rings is 1. The molecule has 28 heavy (non-hydrogen) atoms. The number of anilines is 1. The van der Waals surface area contributed by atoms with E-state index in [4.69, 9.17) is 0 Å². The van der Waals surface area contributed by atoms with Crippen LogP contribution in [0.3, 0.4) is 0 Å². The van der Waals surface area contributed by atoms with Crippen LogP contribution >= 0.6 is 11.3 Å². The molecule has 0 unspecified atom stereocenters. The fourth-order valence-electron chi connectivity index (χ4n) is 3.93. The lowest BCUT2D eigenvalue weighted by atomic mass is 9.97. The van der Waals surface area contributed by atoms with Crippen molar-refractivity contribution in [1.29, 1.82) is 0 Å². The first kappa shape index (κ1) is 17.7. The van der Waals surface area contributed by atoms with Crippen LogP contribution < -0.4 is 10.5 Å². The number of hydrogen-bond acceptors (Lipinski definition) is 6. The summed E-state index contributed by atoms with van der Waals surface area (Å²) in [5.41, 5.74) is 0.347. The van der Waals surface area contributed by atoms with Gasteiger partial charge in [0.05, 0.1) is 10.9 Å². The van der Waals surface area contributed by atoms with Gasteiger partial charge in [0.1, 0.15) is 16.6 Å². The van der Waals surface area contributed by atoms with E-state index in [0.29, 0.717) is 35.1 Å². The molecule has 0 spiro atoms. The van der Waals surface area contributed by atoms with E-state index in [1.54, 1.807) is 15.9 Å². The summed E-state index contributed by atoms with van der Waals surface area (Å²) >= 11 is 1.73. The highest BCUT2D eigenvalue weighted by Crippen LogP contribution is 2.42. The van der Waals surface area contributed by atoms with Gasteiger partial charge in [-0.1, -0.05) is 11.3 Å². The minimum absolute atomic E-state index is 0.0804. The number of fused-ring (bicyclic) bond motifs is 1. The van der Waals surface area contributed by atoms with Crippen molar-refractivity contribution >= 4 is 27.4 Å².